The first-order valence-electron chi connectivity index (χ1n) is 9.10. The number of benzene rings is 1. The Bertz CT molecular complexity index is 719. The zero-order chi connectivity index (χ0) is 19.7. The number of carbonyl (C=O) groups is 2. The van der Waals surface area contributed by atoms with Crippen LogP contribution in [0, 0.1) is 5.92 Å². The lowest BCUT2D eigenvalue weighted by molar-refractivity contribution is -0.132. The van der Waals surface area contributed by atoms with Crippen molar-refractivity contribution in [3.63, 3.8) is 0 Å². The summed E-state index contributed by atoms with van der Waals surface area (Å²) in [6.45, 7) is 0. The second kappa shape index (κ2) is 10.7. The Labute approximate surface area is 165 Å². The van der Waals surface area contributed by atoms with Gasteiger partial charge in [0, 0.05) is 5.92 Å². The molecule has 27 heavy (non-hydrogen) atoms. The molecule has 2 amide bonds. The summed E-state index contributed by atoms with van der Waals surface area (Å²) in [5, 5.41) is 0. The molecule has 1 atom stereocenters. The normalized spacial score (nSPS) is 16.5. The zero-order valence-electron chi connectivity index (χ0n) is 15.4. The Morgan fingerprint density at radius 1 is 1.11 bits per heavy atom. The average molecular weight is 414 g/mol. The third-order valence-corrected chi connectivity index (χ3v) is 6.69. The van der Waals surface area contributed by atoms with Crippen LogP contribution >= 0.6 is 11.8 Å². The van der Waals surface area contributed by atoms with E-state index in [1.807, 2.05) is 6.26 Å². The van der Waals surface area contributed by atoms with E-state index in [4.69, 9.17) is 0 Å². The SMILES string of the molecule is CSCC[C@H](NS(=O)(=O)c1ccccc1)C(=O)NNC(=O)C1CCCCC1. The van der Waals surface area contributed by atoms with Gasteiger partial charge in [0.2, 0.25) is 15.9 Å². The molecule has 7 nitrogen and oxygen atoms in total. The monoisotopic (exact) mass is 413 g/mol. The fraction of sp³-hybridized carbons (Fsp3) is 0.556. The summed E-state index contributed by atoms with van der Waals surface area (Å²) in [7, 11) is -3.83. The Kier molecular flexibility index (Phi) is 8.59. The molecular formula is C18H27N3O4S2. The van der Waals surface area contributed by atoms with E-state index in [9.17, 15) is 18.0 Å². The fourth-order valence-electron chi connectivity index (χ4n) is 3.01. The summed E-state index contributed by atoms with van der Waals surface area (Å²) in [5.74, 6) is -0.263. The van der Waals surface area contributed by atoms with Crippen LogP contribution in [0.5, 0.6) is 0 Å². The third kappa shape index (κ3) is 6.82. The van der Waals surface area contributed by atoms with Gasteiger partial charge in [-0.05, 0) is 43.4 Å². The van der Waals surface area contributed by atoms with Gasteiger partial charge >= 0.3 is 0 Å². The number of thioether (sulfide) groups is 1. The van der Waals surface area contributed by atoms with Crippen molar-refractivity contribution in [1.82, 2.24) is 15.6 Å². The number of amides is 2. The van der Waals surface area contributed by atoms with Gasteiger partial charge in [-0.1, -0.05) is 37.5 Å². The molecular weight excluding hydrogens is 386 g/mol. The summed E-state index contributed by atoms with van der Waals surface area (Å²) < 4.78 is 27.5. The molecule has 1 saturated carbocycles. The van der Waals surface area contributed by atoms with Gasteiger partial charge in [0.15, 0.2) is 0 Å². The van der Waals surface area contributed by atoms with Crippen LogP contribution in [0.3, 0.4) is 0 Å². The second-order valence-corrected chi connectivity index (χ2v) is 9.28. The minimum Gasteiger partial charge on any atom is -0.273 e. The smallest absolute Gasteiger partial charge is 0.256 e. The molecule has 1 aromatic rings. The van der Waals surface area contributed by atoms with Crippen molar-refractivity contribution in [3.05, 3.63) is 30.3 Å². The minimum atomic E-state index is -3.83. The van der Waals surface area contributed by atoms with E-state index >= 15 is 0 Å². The largest absolute Gasteiger partial charge is 0.273 e. The highest BCUT2D eigenvalue weighted by molar-refractivity contribution is 7.98. The van der Waals surface area contributed by atoms with Crippen molar-refractivity contribution in [2.75, 3.05) is 12.0 Å². The van der Waals surface area contributed by atoms with E-state index < -0.39 is 22.0 Å². The summed E-state index contributed by atoms with van der Waals surface area (Å²) >= 11 is 1.51. The molecule has 0 heterocycles. The summed E-state index contributed by atoms with van der Waals surface area (Å²) in [6.07, 6.45) is 6.99. The number of nitrogens with one attached hydrogen (secondary N) is 3. The van der Waals surface area contributed by atoms with Crippen molar-refractivity contribution < 1.29 is 18.0 Å². The van der Waals surface area contributed by atoms with E-state index in [2.05, 4.69) is 15.6 Å². The highest BCUT2D eigenvalue weighted by atomic mass is 32.2. The Balaban J connectivity index is 1.97. The maximum atomic E-state index is 12.5. The van der Waals surface area contributed by atoms with Crippen molar-refractivity contribution in [1.29, 1.82) is 0 Å². The van der Waals surface area contributed by atoms with Gasteiger partial charge in [-0.3, -0.25) is 20.4 Å². The van der Waals surface area contributed by atoms with Crippen LogP contribution in [0.1, 0.15) is 38.5 Å². The standard InChI is InChI=1S/C18H27N3O4S2/c1-26-13-12-16(21-27(24,25)15-10-6-3-7-11-15)18(23)20-19-17(22)14-8-4-2-5-9-14/h3,6-7,10-11,14,16,21H,2,4-5,8-9,12-13H2,1H3,(H,19,22)(H,20,23)/t16-/m0/s1. The zero-order valence-corrected chi connectivity index (χ0v) is 17.1. The predicted molar refractivity (Wildman–Crippen MR) is 106 cm³/mol. The van der Waals surface area contributed by atoms with Crippen LogP contribution in [-0.2, 0) is 19.6 Å². The van der Waals surface area contributed by atoms with Crippen LogP contribution in [0.4, 0.5) is 0 Å². The molecule has 9 heteroatoms. The molecule has 0 aliphatic heterocycles. The second-order valence-electron chi connectivity index (χ2n) is 6.58. The van der Waals surface area contributed by atoms with Crippen LogP contribution in [-0.4, -0.2) is 38.3 Å². The lowest BCUT2D eigenvalue weighted by Gasteiger charge is -2.22. The lowest BCUT2D eigenvalue weighted by atomic mass is 9.89. The van der Waals surface area contributed by atoms with Crippen LogP contribution in [0.2, 0.25) is 0 Å². The Hall–Kier alpha value is -1.58. The van der Waals surface area contributed by atoms with Crippen molar-refractivity contribution in [2.45, 2.75) is 49.5 Å². The van der Waals surface area contributed by atoms with E-state index in [0.717, 1.165) is 32.1 Å². The predicted octanol–water partition coefficient (Wildman–Crippen LogP) is 1.81. The fourth-order valence-corrected chi connectivity index (χ4v) is 4.73. The first-order valence-corrected chi connectivity index (χ1v) is 12.0. The molecule has 2 rings (SSSR count). The summed E-state index contributed by atoms with van der Waals surface area (Å²) in [6, 6.07) is 6.94. The quantitative estimate of drug-likeness (QED) is 0.564. The maximum absolute atomic E-state index is 12.5. The molecule has 0 bridgehead atoms. The van der Waals surface area contributed by atoms with Gasteiger partial charge in [0.25, 0.3) is 5.91 Å². The molecule has 150 valence electrons. The van der Waals surface area contributed by atoms with Crippen LogP contribution in [0.25, 0.3) is 0 Å². The van der Waals surface area contributed by atoms with E-state index in [-0.39, 0.29) is 16.7 Å². The molecule has 0 spiro atoms. The number of rotatable bonds is 8. The van der Waals surface area contributed by atoms with Crippen molar-refractivity contribution in [2.24, 2.45) is 5.92 Å². The van der Waals surface area contributed by atoms with E-state index in [0.29, 0.717) is 12.2 Å². The first-order chi connectivity index (χ1) is 12.9. The average Bonchev–Trinajstić information content (AvgIpc) is 2.70. The molecule has 1 fully saturated rings. The van der Waals surface area contributed by atoms with Gasteiger partial charge in [-0.25, -0.2) is 8.42 Å². The van der Waals surface area contributed by atoms with E-state index in [1.165, 1.54) is 23.9 Å². The van der Waals surface area contributed by atoms with E-state index in [1.54, 1.807) is 18.2 Å². The van der Waals surface area contributed by atoms with Gasteiger partial charge in [-0.15, -0.1) is 0 Å². The summed E-state index contributed by atoms with van der Waals surface area (Å²) in [4.78, 5) is 24.8. The van der Waals surface area contributed by atoms with Gasteiger partial charge in [-0.2, -0.15) is 16.5 Å². The Morgan fingerprint density at radius 3 is 2.41 bits per heavy atom. The molecule has 0 saturated heterocycles. The number of hydrazine groups is 1. The highest BCUT2D eigenvalue weighted by Crippen LogP contribution is 2.23. The number of sulfonamides is 1. The third-order valence-electron chi connectivity index (χ3n) is 4.56. The first kappa shape index (κ1) is 21.7. The number of carbonyl (C=O) groups excluding carboxylic acids is 2. The molecule has 0 aromatic heterocycles. The molecule has 1 aliphatic carbocycles. The van der Waals surface area contributed by atoms with Crippen molar-refractivity contribution in [3.8, 4) is 0 Å². The highest BCUT2D eigenvalue weighted by Gasteiger charge is 2.27. The number of hydrogen-bond donors (Lipinski definition) is 3. The lowest BCUT2D eigenvalue weighted by Crippen LogP contribution is -2.53. The van der Waals surface area contributed by atoms with Gasteiger partial charge < -0.3 is 0 Å². The van der Waals surface area contributed by atoms with Gasteiger partial charge in [0.05, 0.1) is 4.90 Å². The van der Waals surface area contributed by atoms with Crippen LogP contribution < -0.4 is 15.6 Å². The molecule has 1 aromatic carbocycles. The Morgan fingerprint density at radius 2 is 1.78 bits per heavy atom. The molecule has 0 radical (unpaired) electrons. The minimum absolute atomic E-state index is 0.0929. The number of hydrogen-bond acceptors (Lipinski definition) is 5. The van der Waals surface area contributed by atoms with Crippen LogP contribution in [0.15, 0.2) is 35.2 Å². The van der Waals surface area contributed by atoms with Gasteiger partial charge in [0.1, 0.15) is 6.04 Å². The topological polar surface area (TPSA) is 104 Å². The molecule has 3 N–H and O–H groups in total. The molecule has 0 unspecified atom stereocenters. The summed E-state index contributed by atoms with van der Waals surface area (Å²) in [5.41, 5.74) is 4.84. The maximum Gasteiger partial charge on any atom is 0.256 e. The molecule has 1 aliphatic rings. The van der Waals surface area contributed by atoms with Crippen molar-refractivity contribution >= 4 is 33.6 Å².